The molecule has 3 aliphatic rings. The third-order valence-corrected chi connectivity index (χ3v) is 7.58. The molecule has 0 saturated carbocycles. The topological polar surface area (TPSA) is 77.5 Å². The summed E-state index contributed by atoms with van der Waals surface area (Å²) in [5.41, 5.74) is 1.14. The van der Waals surface area contributed by atoms with Crippen molar-refractivity contribution in [3.8, 4) is 28.7 Å². The lowest BCUT2D eigenvalue weighted by Crippen LogP contribution is -2.60. The predicted molar refractivity (Wildman–Crippen MR) is 122 cm³/mol. The summed E-state index contributed by atoms with van der Waals surface area (Å²) < 4.78 is 22.8. The van der Waals surface area contributed by atoms with Gasteiger partial charge in [-0.2, -0.15) is 0 Å². The zero-order valence-corrected chi connectivity index (χ0v) is 19.4. The number of hydrogen-bond donors (Lipinski definition) is 1. The Labute approximate surface area is 193 Å². The Hall–Kier alpha value is -3.19. The van der Waals surface area contributed by atoms with Gasteiger partial charge in [0.25, 0.3) is 0 Å². The highest BCUT2D eigenvalue weighted by Gasteiger charge is 2.57. The van der Waals surface area contributed by atoms with Gasteiger partial charge in [-0.25, -0.2) is 0 Å². The smallest absolute Gasteiger partial charge is 0.197 e. The van der Waals surface area contributed by atoms with E-state index in [2.05, 4.69) is 11.9 Å². The van der Waals surface area contributed by atoms with E-state index < -0.39 is 5.41 Å². The van der Waals surface area contributed by atoms with Gasteiger partial charge in [0.15, 0.2) is 34.5 Å². The molecule has 1 N–H and O–H groups in total. The van der Waals surface area contributed by atoms with Crippen LogP contribution in [0.1, 0.15) is 24.0 Å². The molecule has 0 unspecified atom stereocenters. The van der Waals surface area contributed by atoms with Gasteiger partial charge in [0.2, 0.25) is 0 Å². The lowest BCUT2D eigenvalue weighted by molar-refractivity contribution is -0.122. The summed E-state index contributed by atoms with van der Waals surface area (Å²) in [6.07, 6.45) is 3.66. The maximum Gasteiger partial charge on any atom is 0.197 e. The van der Waals surface area contributed by atoms with Crippen molar-refractivity contribution < 1.29 is 28.8 Å². The summed E-state index contributed by atoms with van der Waals surface area (Å²) in [5.74, 6) is 2.63. The molecule has 1 fully saturated rings. The molecular weight excluding hydrogens is 422 g/mol. The van der Waals surface area contributed by atoms with Crippen LogP contribution >= 0.6 is 0 Å². The quantitative estimate of drug-likeness (QED) is 0.741. The maximum atomic E-state index is 13.0. The minimum absolute atomic E-state index is 0.0357. The largest absolute Gasteiger partial charge is 0.504 e. The molecular formula is C26H29NO6. The molecule has 0 spiro atoms. The number of rotatable bonds is 5. The number of phenolic OH excluding ortho intramolecular Hbond substituents is 1. The van der Waals surface area contributed by atoms with E-state index in [1.165, 1.54) is 14.2 Å². The zero-order chi connectivity index (χ0) is 23.3. The molecule has 3 atom stereocenters. The first kappa shape index (κ1) is 21.6. The fraction of sp³-hybridized carbons (Fsp3) is 0.423. The molecule has 1 heterocycles. The van der Waals surface area contributed by atoms with Crippen molar-refractivity contribution in [3.63, 3.8) is 0 Å². The molecule has 7 heteroatoms. The Kier molecular flexibility index (Phi) is 5.24. The van der Waals surface area contributed by atoms with Crippen molar-refractivity contribution in [2.24, 2.45) is 5.92 Å². The number of para-hydroxylation sites is 2. The standard InChI is InChI=1S/C26H29NO6/c1-27-10-9-26-14-18(28)22(31-3)12-16(26)17(27)11-15-21(13-23(32-4)25(29)24(15)26)33-20-8-6-5-7-19(20)30-2/h5-8,12-13,16-17,29H,9-11,14H2,1-4H3/t16-,17+,26-/m1/s1. The molecule has 0 radical (unpaired) electrons. The highest BCUT2D eigenvalue weighted by Crippen LogP contribution is 2.59. The predicted octanol–water partition coefficient (Wildman–Crippen LogP) is 3.82. The van der Waals surface area contributed by atoms with Gasteiger partial charge in [0.1, 0.15) is 5.75 Å². The third-order valence-electron chi connectivity index (χ3n) is 7.58. The second-order valence-electron chi connectivity index (χ2n) is 9.05. The van der Waals surface area contributed by atoms with E-state index in [0.717, 1.165) is 24.1 Å². The number of likely N-dealkylation sites (tertiary alicyclic amines) is 1. The number of piperidine rings is 1. The fourth-order valence-corrected chi connectivity index (χ4v) is 5.98. The molecule has 2 aliphatic carbocycles. The van der Waals surface area contributed by atoms with E-state index in [1.54, 1.807) is 13.2 Å². The van der Waals surface area contributed by atoms with E-state index in [9.17, 15) is 9.90 Å². The number of ketones is 1. The third kappa shape index (κ3) is 3.17. The van der Waals surface area contributed by atoms with Gasteiger partial charge < -0.3 is 29.0 Å². The van der Waals surface area contributed by atoms with Gasteiger partial charge in [-0.3, -0.25) is 4.79 Å². The van der Waals surface area contributed by atoms with Crippen molar-refractivity contribution in [1.82, 2.24) is 4.90 Å². The number of ether oxygens (including phenoxy) is 4. The van der Waals surface area contributed by atoms with Crippen LogP contribution in [0.25, 0.3) is 0 Å². The minimum Gasteiger partial charge on any atom is -0.504 e. The van der Waals surface area contributed by atoms with Gasteiger partial charge in [-0.15, -0.1) is 0 Å². The zero-order valence-electron chi connectivity index (χ0n) is 19.4. The molecule has 2 bridgehead atoms. The monoisotopic (exact) mass is 451 g/mol. The number of fused-ring (bicyclic) bond motifs is 1. The summed E-state index contributed by atoms with van der Waals surface area (Å²) in [4.78, 5) is 15.4. The van der Waals surface area contributed by atoms with Crippen LogP contribution in [0.4, 0.5) is 0 Å². The second-order valence-corrected chi connectivity index (χ2v) is 9.05. The molecule has 174 valence electrons. The van der Waals surface area contributed by atoms with Crippen molar-refractivity contribution in [2.75, 3.05) is 34.9 Å². The lowest BCUT2D eigenvalue weighted by Gasteiger charge is -2.56. The van der Waals surface area contributed by atoms with Crippen LogP contribution < -0.4 is 14.2 Å². The van der Waals surface area contributed by atoms with Crippen LogP contribution in [0.3, 0.4) is 0 Å². The number of likely N-dealkylation sites (N-methyl/N-ethyl adjacent to an activating group) is 1. The first-order chi connectivity index (χ1) is 15.9. The summed E-state index contributed by atoms with van der Waals surface area (Å²) >= 11 is 0. The van der Waals surface area contributed by atoms with Gasteiger partial charge >= 0.3 is 0 Å². The average Bonchev–Trinajstić information content (AvgIpc) is 2.82. The van der Waals surface area contributed by atoms with Gasteiger partial charge in [0.05, 0.1) is 21.3 Å². The van der Waals surface area contributed by atoms with Crippen molar-refractivity contribution in [3.05, 3.63) is 53.3 Å². The SMILES string of the molecule is COC1=C[C@@H]2[C@@H]3Cc4c(Oc5ccccc5OC)cc(OC)c(O)c4[C@]2(CCN3C)CC1=O. The first-order valence-corrected chi connectivity index (χ1v) is 11.2. The van der Waals surface area contributed by atoms with Crippen molar-refractivity contribution >= 4 is 5.78 Å². The van der Waals surface area contributed by atoms with Gasteiger partial charge in [-0.1, -0.05) is 12.1 Å². The number of Topliss-reactive ketones (excluding diaryl/α,β-unsaturated/α-hetero) is 1. The summed E-state index contributed by atoms with van der Waals surface area (Å²) in [5, 5.41) is 11.4. The van der Waals surface area contributed by atoms with Gasteiger partial charge in [0, 0.05) is 41.0 Å². The summed E-state index contributed by atoms with van der Waals surface area (Å²) in [6, 6.07) is 9.34. The van der Waals surface area contributed by atoms with Crippen LogP contribution in [0.5, 0.6) is 28.7 Å². The molecule has 0 aromatic heterocycles. The highest BCUT2D eigenvalue weighted by atomic mass is 16.5. The average molecular weight is 452 g/mol. The van der Waals surface area contributed by atoms with E-state index in [-0.39, 0.29) is 29.9 Å². The number of carbonyl (C=O) groups is 1. The number of nitrogens with zero attached hydrogens (tertiary/aromatic N) is 1. The fourth-order valence-electron chi connectivity index (χ4n) is 5.98. The van der Waals surface area contributed by atoms with Crippen LogP contribution in [-0.4, -0.2) is 56.8 Å². The number of allylic oxidation sites excluding steroid dienone is 1. The van der Waals surface area contributed by atoms with Crippen molar-refractivity contribution in [2.45, 2.75) is 30.7 Å². The molecule has 1 aliphatic heterocycles. The Morgan fingerprint density at radius 1 is 1.03 bits per heavy atom. The first-order valence-electron chi connectivity index (χ1n) is 11.2. The highest BCUT2D eigenvalue weighted by molar-refractivity contribution is 5.96. The van der Waals surface area contributed by atoms with Crippen molar-refractivity contribution in [1.29, 1.82) is 0 Å². The van der Waals surface area contributed by atoms with Crippen LogP contribution in [0.2, 0.25) is 0 Å². The number of benzene rings is 2. The molecule has 7 nitrogen and oxygen atoms in total. The van der Waals surface area contributed by atoms with Crippen LogP contribution in [0, 0.1) is 5.92 Å². The minimum atomic E-state index is -0.540. The summed E-state index contributed by atoms with van der Waals surface area (Å²) in [7, 11) is 6.78. The second kappa shape index (κ2) is 7.99. The molecule has 1 saturated heterocycles. The molecule has 33 heavy (non-hydrogen) atoms. The van der Waals surface area contributed by atoms with Crippen LogP contribution in [0.15, 0.2) is 42.2 Å². The van der Waals surface area contributed by atoms with E-state index in [4.69, 9.17) is 18.9 Å². The molecule has 0 amide bonds. The van der Waals surface area contributed by atoms with E-state index in [1.807, 2.05) is 30.3 Å². The Bertz CT molecular complexity index is 1140. The van der Waals surface area contributed by atoms with E-state index >= 15 is 0 Å². The molecule has 5 rings (SSSR count). The van der Waals surface area contributed by atoms with E-state index in [0.29, 0.717) is 35.2 Å². The summed E-state index contributed by atoms with van der Waals surface area (Å²) in [6.45, 7) is 0.837. The Morgan fingerprint density at radius 3 is 2.45 bits per heavy atom. The maximum absolute atomic E-state index is 13.0. The molecule has 2 aromatic carbocycles. The normalized spacial score (nSPS) is 26.1. The number of methoxy groups -OCH3 is 3. The van der Waals surface area contributed by atoms with Crippen LogP contribution in [-0.2, 0) is 21.4 Å². The lowest BCUT2D eigenvalue weighted by atomic mass is 9.53. The number of carbonyl (C=O) groups excluding carboxylic acids is 1. The number of phenols is 1. The Balaban J connectivity index is 1.73. The number of hydrogen-bond acceptors (Lipinski definition) is 7. The Morgan fingerprint density at radius 2 is 1.76 bits per heavy atom. The number of aromatic hydroxyl groups is 1. The molecule has 2 aromatic rings. The van der Waals surface area contributed by atoms with Gasteiger partial charge in [-0.05, 0) is 44.6 Å².